The number of phenolic OH excluding ortho intramolecular Hbond substituents is 4. The largest absolute Gasteiger partial charge is 0.508 e. The van der Waals surface area contributed by atoms with E-state index in [1.165, 1.54) is 0 Å². The van der Waals surface area contributed by atoms with Gasteiger partial charge < -0.3 is 20.4 Å². The van der Waals surface area contributed by atoms with Gasteiger partial charge in [0.15, 0.2) is 0 Å². The van der Waals surface area contributed by atoms with Crippen molar-refractivity contribution in [2.45, 2.75) is 33.4 Å². The highest BCUT2D eigenvalue weighted by atomic mass is 32.2. The van der Waals surface area contributed by atoms with E-state index >= 15 is 0 Å². The van der Waals surface area contributed by atoms with Gasteiger partial charge in [0.2, 0.25) is 0 Å². The van der Waals surface area contributed by atoms with Crippen LogP contribution in [0.2, 0.25) is 0 Å². The van der Waals surface area contributed by atoms with Crippen LogP contribution in [0.4, 0.5) is 0 Å². The standard InChI is InChI=1S/C14H14O2S.C12H10O2S/c1-9-7-11(3-5-13(9)15)17-12-4-6-14(16)10(2)8-12;13-9-1-5-11(6-2-9)15-12-7-3-10(14)4-8-12/h3-8,15-16H,1-2H3;1-8,13-14H. The molecule has 0 saturated carbocycles. The quantitative estimate of drug-likeness (QED) is 0.258. The van der Waals surface area contributed by atoms with Crippen molar-refractivity contribution in [1.82, 2.24) is 0 Å². The molecule has 0 saturated heterocycles. The summed E-state index contributed by atoms with van der Waals surface area (Å²) in [5.41, 5.74) is 1.73. The normalized spacial score (nSPS) is 10.3. The van der Waals surface area contributed by atoms with Crippen LogP contribution < -0.4 is 0 Å². The Morgan fingerprint density at radius 3 is 1.09 bits per heavy atom. The van der Waals surface area contributed by atoms with E-state index in [-0.39, 0.29) is 11.5 Å². The van der Waals surface area contributed by atoms with Crippen molar-refractivity contribution >= 4 is 23.5 Å². The molecule has 4 aromatic rings. The molecule has 0 aliphatic heterocycles. The predicted molar refractivity (Wildman–Crippen MR) is 130 cm³/mol. The zero-order chi connectivity index (χ0) is 23.1. The molecule has 4 rings (SSSR count). The van der Waals surface area contributed by atoms with Crippen LogP contribution in [0, 0.1) is 13.8 Å². The zero-order valence-corrected chi connectivity index (χ0v) is 19.3. The monoisotopic (exact) mass is 464 g/mol. The van der Waals surface area contributed by atoms with Crippen molar-refractivity contribution in [3.8, 4) is 23.0 Å². The first-order chi connectivity index (χ1) is 15.3. The van der Waals surface area contributed by atoms with Crippen molar-refractivity contribution in [2.24, 2.45) is 0 Å². The minimum Gasteiger partial charge on any atom is -0.508 e. The summed E-state index contributed by atoms with van der Waals surface area (Å²) in [5.74, 6) is 1.17. The third-order valence-electron chi connectivity index (χ3n) is 4.48. The molecule has 0 amide bonds. The summed E-state index contributed by atoms with van der Waals surface area (Å²) < 4.78 is 0. The van der Waals surface area contributed by atoms with Crippen LogP contribution in [-0.4, -0.2) is 20.4 Å². The molecule has 0 aliphatic rings. The minimum absolute atomic E-state index is 0.269. The number of hydrogen-bond donors (Lipinski definition) is 4. The Hall–Kier alpha value is -3.22. The first kappa shape index (κ1) is 23.4. The summed E-state index contributed by atoms with van der Waals surface area (Å²) in [6.45, 7) is 3.75. The van der Waals surface area contributed by atoms with E-state index in [1.807, 2.05) is 62.4 Å². The fourth-order valence-corrected chi connectivity index (χ4v) is 4.52. The topological polar surface area (TPSA) is 80.9 Å². The van der Waals surface area contributed by atoms with Gasteiger partial charge in [-0.1, -0.05) is 23.5 Å². The molecule has 4 aromatic carbocycles. The van der Waals surface area contributed by atoms with Gasteiger partial charge in [0.1, 0.15) is 23.0 Å². The lowest BCUT2D eigenvalue weighted by Gasteiger charge is -2.06. The fourth-order valence-electron chi connectivity index (χ4n) is 2.68. The Kier molecular flexibility index (Phi) is 7.98. The molecule has 164 valence electrons. The first-order valence-electron chi connectivity index (χ1n) is 9.83. The average Bonchev–Trinajstić information content (AvgIpc) is 2.77. The number of aryl methyl sites for hydroxylation is 2. The maximum absolute atomic E-state index is 9.45. The molecule has 0 unspecified atom stereocenters. The molecule has 0 aromatic heterocycles. The van der Waals surface area contributed by atoms with Crippen LogP contribution in [-0.2, 0) is 0 Å². The minimum atomic E-state index is 0.269. The molecule has 0 atom stereocenters. The molecule has 0 bridgehead atoms. The maximum Gasteiger partial charge on any atom is 0.118 e. The van der Waals surface area contributed by atoms with Gasteiger partial charge in [-0.25, -0.2) is 0 Å². The summed E-state index contributed by atoms with van der Waals surface area (Å²) in [6, 6.07) is 25.1. The van der Waals surface area contributed by atoms with Gasteiger partial charge in [0.25, 0.3) is 0 Å². The van der Waals surface area contributed by atoms with Gasteiger partial charge in [0.05, 0.1) is 0 Å². The van der Waals surface area contributed by atoms with Crippen molar-refractivity contribution in [2.75, 3.05) is 0 Å². The Bertz CT molecular complexity index is 1080. The molecule has 32 heavy (non-hydrogen) atoms. The molecular formula is C26H24O4S2. The zero-order valence-electron chi connectivity index (χ0n) is 17.7. The molecule has 4 nitrogen and oxygen atoms in total. The maximum atomic E-state index is 9.45. The summed E-state index contributed by atoms with van der Waals surface area (Å²) in [7, 11) is 0. The Morgan fingerprint density at radius 1 is 0.438 bits per heavy atom. The summed E-state index contributed by atoms with van der Waals surface area (Å²) in [4.78, 5) is 4.26. The lowest BCUT2D eigenvalue weighted by atomic mass is 10.2. The van der Waals surface area contributed by atoms with Crippen LogP contribution in [0.15, 0.2) is 105 Å². The Morgan fingerprint density at radius 2 is 0.750 bits per heavy atom. The second-order valence-corrected chi connectivity index (χ2v) is 9.38. The highest BCUT2D eigenvalue weighted by Gasteiger charge is 2.03. The van der Waals surface area contributed by atoms with Gasteiger partial charge in [0, 0.05) is 19.6 Å². The predicted octanol–water partition coefficient (Wildman–Crippen LogP) is 7.11. The van der Waals surface area contributed by atoms with E-state index in [0.717, 1.165) is 30.7 Å². The molecule has 0 fully saturated rings. The van der Waals surface area contributed by atoms with Gasteiger partial charge in [-0.3, -0.25) is 0 Å². The number of rotatable bonds is 4. The van der Waals surface area contributed by atoms with E-state index in [2.05, 4.69) is 0 Å². The lowest BCUT2D eigenvalue weighted by molar-refractivity contribution is 0.470. The van der Waals surface area contributed by atoms with Crippen molar-refractivity contribution in [3.05, 3.63) is 96.1 Å². The second-order valence-electron chi connectivity index (χ2n) is 7.09. The van der Waals surface area contributed by atoms with Crippen LogP contribution in [0.3, 0.4) is 0 Å². The van der Waals surface area contributed by atoms with E-state index in [4.69, 9.17) is 10.2 Å². The third-order valence-corrected chi connectivity index (χ3v) is 6.48. The van der Waals surface area contributed by atoms with Gasteiger partial charge in [-0.2, -0.15) is 0 Å². The number of phenols is 4. The molecule has 6 heteroatoms. The summed E-state index contributed by atoms with van der Waals surface area (Å²) >= 11 is 3.19. The van der Waals surface area contributed by atoms with E-state index in [0.29, 0.717) is 11.5 Å². The van der Waals surface area contributed by atoms with Gasteiger partial charge in [-0.05, 0) is 110 Å². The Balaban J connectivity index is 0.000000182. The molecular weight excluding hydrogens is 440 g/mol. The molecule has 0 radical (unpaired) electrons. The van der Waals surface area contributed by atoms with Crippen LogP contribution in [0.1, 0.15) is 11.1 Å². The number of hydrogen-bond acceptors (Lipinski definition) is 6. The second kappa shape index (κ2) is 10.9. The number of aromatic hydroxyl groups is 4. The molecule has 4 N–H and O–H groups in total. The third kappa shape index (κ3) is 6.90. The van der Waals surface area contributed by atoms with Crippen LogP contribution in [0.5, 0.6) is 23.0 Å². The van der Waals surface area contributed by atoms with Crippen molar-refractivity contribution in [1.29, 1.82) is 0 Å². The van der Waals surface area contributed by atoms with E-state index < -0.39 is 0 Å². The van der Waals surface area contributed by atoms with Crippen LogP contribution in [0.25, 0.3) is 0 Å². The smallest absolute Gasteiger partial charge is 0.118 e. The summed E-state index contributed by atoms with van der Waals surface area (Å²) in [5, 5.41) is 37.1. The summed E-state index contributed by atoms with van der Waals surface area (Å²) in [6.07, 6.45) is 0. The van der Waals surface area contributed by atoms with Gasteiger partial charge in [-0.15, -0.1) is 0 Å². The molecule has 0 aliphatic carbocycles. The number of benzene rings is 4. The SMILES string of the molecule is Cc1cc(Sc2ccc(O)c(C)c2)ccc1O.Oc1ccc(Sc2ccc(O)cc2)cc1. The lowest BCUT2D eigenvalue weighted by Crippen LogP contribution is -1.79. The first-order valence-corrected chi connectivity index (χ1v) is 11.5. The highest BCUT2D eigenvalue weighted by molar-refractivity contribution is 7.99. The Labute approximate surface area is 196 Å². The van der Waals surface area contributed by atoms with Gasteiger partial charge >= 0.3 is 0 Å². The van der Waals surface area contributed by atoms with Crippen LogP contribution >= 0.6 is 23.5 Å². The van der Waals surface area contributed by atoms with E-state index in [1.54, 1.807) is 59.9 Å². The fraction of sp³-hybridized carbons (Fsp3) is 0.0769. The molecule has 0 heterocycles. The van der Waals surface area contributed by atoms with Crippen molar-refractivity contribution in [3.63, 3.8) is 0 Å². The highest BCUT2D eigenvalue weighted by Crippen LogP contribution is 2.33. The van der Waals surface area contributed by atoms with Crippen molar-refractivity contribution < 1.29 is 20.4 Å². The van der Waals surface area contributed by atoms with E-state index in [9.17, 15) is 10.2 Å². The molecule has 0 spiro atoms. The average molecular weight is 465 g/mol.